The number of nitrogens with zero attached hydrogens (tertiary/aromatic N) is 2. The van der Waals surface area contributed by atoms with Gasteiger partial charge in [0.05, 0.1) is 6.54 Å². The van der Waals surface area contributed by atoms with Gasteiger partial charge in [-0.05, 0) is 47.9 Å². The Morgan fingerprint density at radius 2 is 1.61 bits per heavy atom. The molecule has 0 unspecified atom stereocenters. The second kappa shape index (κ2) is 8.56. The summed E-state index contributed by atoms with van der Waals surface area (Å²) in [5.74, 6) is -1.77. The van der Waals surface area contributed by atoms with Crippen molar-refractivity contribution in [1.29, 1.82) is 0 Å². The summed E-state index contributed by atoms with van der Waals surface area (Å²) in [4.78, 5) is 14.1. The molecule has 0 spiro atoms. The van der Waals surface area contributed by atoms with Crippen molar-refractivity contribution >= 4 is 21.6 Å². The highest BCUT2D eigenvalue weighted by Crippen LogP contribution is 2.28. The van der Waals surface area contributed by atoms with Gasteiger partial charge in [0.1, 0.15) is 16.5 Å². The zero-order valence-corrected chi connectivity index (χ0v) is 17.4. The van der Waals surface area contributed by atoms with E-state index < -0.39 is 39.0 Å². The Hall–Kier alpha value is -3.10. The van der Waals surface area contributed by atoms with Crippen LogP contribution in [-0.4, -0.2) is 31.7 Å². The van der Waals surface area contributed by atoms with Gasteiger partial charge in [-0.15, -0.1) is 0 Å². The molecule has 0 saturated carbocycles. The van der Waals surface area contributed by atoms with Gasteiger partial charge in [-0.1, -0.05) is 42.5 Å². The standard InChI is InChI=1S/C23H20F2N2O3S/c24-19-11-9-17(10-12-19)15-26(31(29,30)22-8-4-2-6-20(22)25)16-23(28)27-14-13-18-5-1-3-7-21(18)27/h1-12H,13-16H2. The van der Waals surface area contributed by atoms with Crippen LogP contribution < -0.4 is 4.90 Å². The molecule has 0 bridgehead atoms. The predicted molar refractivity (Wildman–Crippen MR) is 113 cm³/mol. The van der Waals surface area contributed by atoms with E-state index in [0.717, 1.165) is 27.7 Å². The number of halogens is 2. The molecule has 0 fully saturated rings. The lowest BCUT2D eigenvalue weighted by Gasteiger charge is -2.25. The quantitative estimate of drug-likeness (QED) is 0.584. The summed E-state index contributed by atoms with van der Waals surface area (Å²) in [5, 5.41) is 0. The van der Waals surface area contributed by atoms with Crippen molar-refractivity contribution in [3.8, 4) is 0 Å². The monoisotopic (exact) mass is 442 g/mol. The summed E-state index contributed by atoms with van der Waals surface area (Å²) in [5.41, 5.74) is 2.24. The van der Waals surface area contributed by atoms with E-state index in [4.69, 9.17) is 0 Å². The first kappa shape index (κ1) is 21.1. The zero-order valence-electron chi connectivity index (χ0n) is 16.5. The van der Waals surface area contributed by atoms with Gasteiger partial charge < -0.3 is 4.90 Å². The topological polar surface area (TPSA) is 57.7 Å². The summed E-state index contributed by atoms with van der Waals surface area (Å²) in [6, 6.07) is 17.8. The maximum atomic E-state index is 14.3. The van der Waals surface area contributed by atoms with E-state index in [1.165, 1.54) is 36.4 Å². The summed E-state index contributed by atoms with van der Waals surface area (Å²) in [6.07, 6.45) is 0.680. The maximum Gasteiger partial charge on any atom is 0.246 e. The largest absolute Gasteiger partial charge is 0.311 e. The number of carbonyl (C=O) groups is 1. The van der Waals surface area contributed by atoms with Crippen molar-refractivity contribution in [2.24, 2.45) is 0 Å². The molecule has 1 heterocycles. The highest BCUT2D eigenvalue weighted by atomic mass is 32.2. The molecule has 31 heavy (non-hydrogen) atoms. The van der Waals surface area contributed by atoms with Crippen LogP contribution in [-0.2, 0) is 27.8 Å². The molecule has 0 saturated heterocycles. The van der Waals surface area contributed by atoms with Crippen LogP contribution in [0, 0.1) is 11.6 Å². The second-order valence-corrected chi connectivity index (χ2v) is 9.16. The molecule has 0 radical (unpaired) electrons. The van der Waals surface area contributed by atoms with Gasteiger partial charge in [-0.3, -0.25) is 4.79 Å². The van der Waals surface area contributed by atoms with Gasteiger partial charge in [0, 0.05) is 18.8 Å². The van der Waals surface area contributed by atoms with E-state index in [2.05, 4.69) is 0 Å². The van der Waals surface area contributed by atoms with Gasteiger partial charge >= 0.3 is 0 Å². The molecule has 1 aliphatic rings. The van der Waals surface area contributed by atoms with E-state index in [9.17, 15) is 22.0 Å². The fourth-order valence-electron chi connectivity index (χ4n) is 3.65. The molecule has 5 nitrogen and oxygen atoms in total. The average molecular weight is 442 g/mol. The van der Waals surface area contributed by atoms with E-state index in [0.29, 0.717) is 18.5 Å². The van der Waals surface area contributed by atoms with Crippen molar-refractivity contribution in [1.82, 2.24) is 4.31 Å². The van der Waals surface area contributed by atoms with E-state index in [1.807, 2.05) is 24.3 Å². The van der Waals surface area contributed by atoms with Gasteiger partial charge in [0.15, 0.2) is 0 Å². The minimum Gasteiger partial charge on any atom is -0.311 e. The zero-order chi connectivity index (χ0) is 22.0. The third kappa shape index (κ3) is 4.35. The molecule has 3 aromatic rings. The Morgan fingerprint density at radius 1 is 0.935 bits per heavy atom. The normalized spacial score (nSPS) is 13.5. The van der Waals surface area contributed by atoms with Crippen LogP contribution in [0.25, 0.3) is 0 Å². The third-order valence-corrected chi connectivity index (χ3v) is 7.05. The van der Waals surface area contributed by atoms with Crippen molar-refractivity contribution in [2.75, 3.05) is 18.0 Å². The third-order valence-electron chi connectivity index (χ3n) is 5.23. The van der Waals surface area contributed by atoms with Crippen LogP contribution >= 0.6 is 0 Å². The lowest BCUT2D eigenvalue weighted by atomic mass is 10.2. The Labute approximate surface area is 179 Å². The number of hydrogen-bond acceptors (Lipinski definition) is 3. The van der Waals surface area contributed by atoms with Crippen LogP contribution in [0.1, 0.15) is 11.1 Å². The number of sulfonamides is 1. The Balaban J connectivity index is 1.66. The molecular weight excluding hydrogens is 422 g/mol. The molecule has 160 valence electrons. The minimum absolute atomic E-state index is 0.196. The van der Waals surface area contributed by atoms with Gasteiger partial charge in [0.2, 0.25) is 15.9 Å². The predicted octanol–water partition coefficient (Wildman–Crippen LogP) is 3.75. The Bertz CT molecular complexity index is 1210. The number of fused-ring (bicyclic) bond motifs is 1. The molecule has 0 atom stereocenters. The maximum absolute atomic E-state index is 14.3. The molecule has 8 heteroatoms. The number of para-hydroxylation sites is 1. The Morgan fingerprint density at radius 3 is 2.35 bits per heavy atom. The number of hydrogen-bond donors (Lipinski definition) is 0. The number of benzene rings is 3. The highest BCUT2D eigenvalue weighted by molar-refractivity contribution is 7.89. The number of carbonyl (C=O) groups excluding carboxylic acids is 1. The summed E-state index contributed by atoms with van der Waals surface area (Å²) >= 11 is 0. The van der Waals surface area contributed by atoms with Gasteiger partial charge in [-0.2, -0.15) is 4.31 Å². The average Bonchev–Trinajstić information content (AvgIpc) is 3.19. The minimum atomic E-state index is -4.32. The second-order valence-electron chi connectivity index (χ2n) is 7.25. The summed E-state index contributed by atoms with van der Waals surface area (Å²) in [7, 11) is -4.32. The molecule has 0 aliphatic carbocycles. The van der Waals surface area contributed by atoms with Gasteiger partial charge in [-0.25, -0.2) is 17.2 Å². The van der Waals surface area contributed by atoms with Crippen molar-refractivity contribution in [3.63, 3.8) is 0 Å². The van der Waals surface area contributed by atoms with Crippen molar-refractivity contribution in [2.45, 2.75) is 17.9 Å². The fraction of sp³-hybridized carbons (Fsp3) is 0.174. The SMILES string of the molecule is O=C(CN(Cc1ccc(F)cc1)S(=O)(=O)c1ccccc1F)N1CCc2ccccc21. The number of amides is 1. The molecular formula is C23H20F2N2O3S. The van der Waals surface area contributed by atoms with E-state index >= 15 is 0 Å². The first-order chi connectivity index (χ1) is 14.9. The smallest absolute Gasteiger partial charge is 0.246 e. The van der Waals surface area contributed by atoms with Crippen LogP contribution in [0.3, 0.4) is 0 Å². The first-order valence-electron chi connectivity index (χ1n) is 9.73. The molecule has 4 rings (SSSR count). The van der Waals surface area contributed by atoms with Gasteiger partial charge in [0.25, 0.3) is 0 Å². The van der Waals surface area contributed by atoms with Crippen LogP contribution in [0.4, 0.5) is 14.5 Å². The molecule has 0 N–H and O–H groups in total. The summed E-state index contributed by atoms with van der Waals surface area (Å²) < 4.78 is 55.1. The van der Waals surface area contributed by atoms with Crippen LogP contribution in [0.15, 0.2) is 77.7 Å². The number of rotatable bonds is 6. The first-order valence-corrected chi connectivity index (χ1v) is 11.2. The lowest BCUT2D eigenvalue weighted by molar-refractivity contribution is -0.118. The summed E-state index contributed by atoms with van der Waals surface area (Å²) in [6.45, 7) is -0.219. The Kier molecular flexibility index (Phi) is 5.84. The molecule has 0 aromatic heterocycles. The molecule has 3 aromatic carbocycles. The van der Waals surface area contributed by atoms with Crippen molar-refractivity contribution < 1.29 is 22.0 Å². The van der Waals surface area contributed by atoms with E-state index in [1.54, 1.807) is 4.90 Å². The van der Waals surface area contributed by atoms with Crippen LogP contribution in [0.2, 0.25) is 0 Å². The molecule has 1 amide bonds. The van der Waals surface area contributed by atoms with E-state index in [-0.39, 0.29) is 6.54 Å². The molecule has 1 aliphatic heterocycles. The highest BCUT2D eigenvalue weighted by Gasteiger charge is 2.32. The van der Waals surface area contributed by atoms with Crippen molar-refractivity contribution in [3.05, 3.63) is 95.6 Å². The number of anilines is 1. The fourth-order valence-corrected chi connectivity index (χ4v) is 5.09. The lowest BCUT2D eigenvalue weighted by Crippen LogP contribution is -2.42. The van der Waals surface area contributed by atoms with Crippen LogP contribution in [0.5, 0.6) is 0 Å².